The molecule has 0 spiro atoms. The average Bonchev–Trinajstić information content (AvgIpc) is 2.84. The second-order valence-electron chi connectivity index (χ2n) is 7.46. The van der Waals surface area contributed by atoms with Crippen molar-refractivity contribution in [3.8, 4) is 17.6 Å². The molecule has 0 unspecified atom stereocenters. The number of hydrogen-bond acceptors (Lipinski definition) is 5. The summed E-state index contributed by atoms with van der Waals surface area (Å²) >= 11 is 6.42. The number of para-hydroxylation sites is 1. The molecule has 0 saturated heterocycles. The van der Waals surface area contributed by atoms with Gasteiger partial charge >= 0.3 is 0 Å². The molecule has 35 heavy (non-hydrogen) atoms. The van der Waals surface area contributed by atoms with Crippen molar-refractivity contribution in [2.45, 2.75) is 13.8 Å². The van der Waals surface area contributed by atoms with E-state index in [9.17, 15) is 14.9 Å². The average molecular weight is 490 g/mol. The van der Waals surface area contributed by atoms with Crippen LogP contribution in [-0.2, 0) is 9.59 Å². The fraction of sp³-hybridized carbons (Fsp3) is 0.148. The quantitative estimate of drug-likeness (QED) is 0.300. The third kappa shape index (κ3) is 7.36. The standard InChI is InChI=1S/C27H24ClN3O4/c1-3-34-24-15-19(13-20(16-29)27(33)31-21-7-5-4-6-8-21)14-23(28)26(24)35-17-25(32)30-22-11-9-18(2)10-12-22/h4-15H,3,17H2,1-2H3,(H,30,32)(H,31,33)/b20-13+. The van der Waals surface area contributed by atoms with E-state index in [1.54, 1.807) is 49.4 Å². The summed E-state index contributed by atoms with van der Waals surface area (Å²) in [5.74, 6) is -0.436. The first-order chi connectivity index (χ1) is 16.9. The minimum absolute atomic E-state index is 0.112. The summed E-state index contributed by atoms with van der Waals surface area (Å²) in [4.78, 5) is 24.8. The Balaban J connectivity index is 1.76. The molecule has 8 heteroatoms. The molecule has 178 valence electrons. The number of aryl methyl sites for hydroxylation is 1. The smallest absolute Gasteiger partial charge is 0.266 e. The SMILES string of the molecule is CCOc1cc(/C=C(\C#N)C(=O)Nc2ccccc2)cc(Cl)c1OCC(=O)Nc1ccc(C)cc1. The lowest BCUT2D eigenvalue weighted by molar-refractivity contribution is -0.118. The van der Waals surface area contributed by atoms with Crippen LogP contribution in [0.1, 0.15) is 18.1 Å². The first-order valence-electron chi connectivity index (χ1n) is 10.8. The van der Waals surface area contributed by atoms with Gasteiger partial charge in [-0.15, -0.1) is 0 Å². The molecule has 0 aliphatic heterocycles. The summed E-state index contributed by atoms with van der Waals surface area (Å²) in [5, 5.41) is 15.1. The number of hydrogen-bond donors (Lipinski definition) is 2. The van der Waals surface area contributed by atoms with Crippen molar-refractivity contribution in [1.29, 1.82) is 5.26 Å². The normalized spacial score (nSPS) is 10.7. The van der Waals surface area contributed by atoms with Gasteiger partial charge in [-0.3, -0.25) is 9.59 Å². The molecule has 0 atom stereocenters. The van der Waals surface area contributed by atoms with Gasteiger partial charge in [-0.05, 0) is 61.9 Å². The maximum absolute atomic E-state index is 12.5. The van der Waals surface area contributed by atoms with Gasteiger partial charge in [0.05, 0.1) is 11.6 Å². The van der Waals surface area contributed by atoms with E-state index in [2.05, 4.69) is 10.6 Å². The molecule has 0 bridgehead atoms. The summed E-state index contributed by atoms with van der Waals surface area (Å²) in [6, 6.07) is 21.2. The molecular weight excluding hydrogens is 466 g/mol. The van der Waals surface area contributed by atoms with Gasteiger partial charge in [0.15, 0.2) is 18.1 Å². The molecule has 0 heterocycles. The molecule has 3 rings (SSSR count). The van der Waals surface area contributed by atoms with E-state index in [0.29, 0.717) is 23.5 Å². The van der Waals surface area contributed by atoms with Crippen LogP contribution in [0.4, 0.5) is 11.4 Å². The molecule has 7 nitrogen and oxygen atoms in total. The van der Waals surface area contributed by atoms with E-state index in [-0.39, 0.29) is 34.6 Å². The van der Waals surface area contributed by atoms with Crippen molar-refractivity contribution >= 4 is 40.9 Å². The monoisotopic (exact) mass is 489 g/mol. The summed E-state index contributed by atoms with van der Waals surface area (Å²) in [6.07, 6.45) is 1.40. The number of carbonyl (C=O) groups is 2. The fourth-order valence-electron chi connectivity index (χ4n) is 3.08. The van der Waals surface area contributed by atoms with Gasteiger partial charge in [0.25, 0.3) is 11.8 Å². The maximum atomic E-state index is 12.5. The third-order valence-corrected chi connectivity index (χ3v) is 5.00. The van der Waals surface area contributed by atoms with Crippen LogP contribution in [0.25, 0.3) is 6.08 Å². The van der Waals surface area contributed by atoms with Gasteiger partial charge < -0.3 is 20.1 Å². The topological polar surface area (TPSA) is 100 Å². The molecule has 2 N–H and O–H groups in total. The largest absolute Gasteiger partial charge is 0.490 e. The summed E-state index contributed by atoms with van der Waals surface area (Å²) in [5.41, 5.74) is 2.66. The highest BCUT2D eigenvalue weighted by molar-refractivity contribution is 6.32. The third-order valence-electron chi connectivity index (χ3n) is 4.72. The Bertz CT molecular complexity index is 1270. The molecule has 0 aliphatic carbocycles. The second kappa shape index (κ2) is 12.3. The van der Waals surface area contributed by atoms with Crippen LogP contribution in [0.2, 0.25) is 5.02 Å². The van der Waals surface area contributed by atoms with Crippen LogP contribution < -0.4 is 20.1 Å². The molecule has 0 aliphatic rings. The number of rotatable bonds is 9. The Kier molecular flexibility index (Phi) is 8.88. The predicted molar refractivity (Wildman–Crippen MR) is 137 cm³/mol. The maximum Gasteiger partial charge on any atom is 0.266 e. The van der Waals surface area contributed by atoms with Crippen molar-refractivity contribution in [2.24, 2.45) is 0 Å². The van der Waals surface area contributed by atoms with E-state index < -0.39 is 5.91 Å². The Labute approximate surface area is 208 Å². The van der Waals surface area contributed by atoms with Crippen molar-refractivity contribution < 1.29 is 19.1 Å². The first-order valence-corrected chi connectivity index (χ1v) is 11.2. The van der Waals surface area contributed by atoms with Gasteiger partial charge in [-0.2, -0.15) is 5.26 Å². The number of benzene rings is 3. The molecule has 0 fully saturated rings. The molecule has 0 saturated carbocycles. The number of anilines is 2. The van der Waals surface area contributed by atoms with Crippen LogP contribution in [0.3, 0.4) is 0 Å². The minimum Gasteiger partial charge on any atom is -0.490 e. The number of halogens is 1. The minimum atomic E-state index is -0.555. The number of nitrogens with zero attached hydrogens (tertiary/aromatic N) is 1. The van der Waals surface area contributed by atoms with Crippen LogP contribution >= 0.6 is 11.6 Å². The van der Waals surface area contributed by atoms with E-state index in [4.69, 9.17) is 21.1 Å². The summed E-state index contributed by atoms with van der Waals surface area (Å²) in [6.45, 7) is 3.78. The Morgan fingerprint density at radius 3 is 2.34 bits per heavy atom. The van der Waals surface area contributed by atoms with Crippen LogP contribution in [-0.4, -0.2) is 25.0 Å². The molecule has 3 aromatic carbocycles. The lowest BCUT2D eigenvalue weighted by Crippen LogP contribution is -2.20. The Morgan fingerprint density at radius 2 is 1.69 bits per heavy atom. The molecule has 2 amide bonds. The van der Waals surface area contributed by atoms with Gasteiger partial charge in [-0.1, -0.05) is 47.5 Å². The lowest BCUT2D eigenvalue weighted by atomic mass is 10.1. The van der Waals surface area contributed by atoms with Gasteiger partial charge in [0, 0.05) is 11.4 Å². The Hall–Kier alpha value is -4.28. The van der Waals surface area contributed by atoms with Crippen molar-refractivity contribution in [3.63, 3.8) is 0 Å². The Morgan fingerprint density at radius 1 is 1.00 bits per heavy atom. The molecule has 0 aromatic heterocycles. The molecule has 0 radical (unpaired) electrons. The van der Waals surface area contributed by atoms with Gasteiger partial charge in [-0.25, -0.2) is 0 Å². The lowest BCUT2D eigenvalue weighted by Gasteiger charge is -2.15. The van der Waals surface area contributed by atoms with Crippen molar-refractivity contribution in [1.82, 2.24) is 0 Å². The van der Waals surface area contributed by atoms with E-state index in [1.807, 2.05) is 31.2 Å². The highest BCUT2D eigenvalue weighted by Crippen LogP contribution is 2.37. The predicted octanol–water partition coefficient (Wildman–Crippen LogP) is 5.61. The van der Waals surface area contributed by atoms with Crippen LogP contribution in [0, 0.1) is 18.3 Å². The van der Waals surface area contributed by atoms with E-state index in [0.717, 1.165) is 5.56 Å². The summed E-state index contributed by atoms with van der Waals surface area (Å²) in [7, 11) is 0. The van der Waals surface area contributed by atoms with Crippen molar-refractivity contribution in [3.05, 3.63) is 88.5 Å². The summed E-state index contributed by atoms with van der Waals surface area (Å²) < 4.78 is 11.3. The van der Waals surface area contributed by atoms with Crippen LogP contribution in [0.5, 0.6) is 11.5 Å². The van der Waals surface area contributed by atoms with Crippen molar-refractivity contribution in [2.75, 3.05) is 23.8 Å². The van der Waals surface area contributed by atoms with Gasteiger partial charge in [0.2, 0.25) is 0 Å². The second-order valence-corrected chi connectivity index (χ2v) is 7.86. The van der Waals surface area contributed by atoms with Crippen LogP contribution in [0.15, 0.2) is 72.3 Å². The molecular formula is C27H24ClN3O4. The zero-order chi connectivity index (χ0) is 25.2. The highest BCUT2D eigenvalue weighted by atomic mass is 35.5. The number of ether oxygens (including phenoxy) is 2. The zero-order valence-corrected chi connectivity index (χ0v) is 20.1. The number of nitrogens with one attached hydrogen (secondary N) is 2. The number of nitriles is 1. The molecule has 3 aromatic rings. The van der Waals surface area contributed by atoms with Gasteiger partial charge in [0.1, 0.15) is 11.6 Å². The van der Waals surface area contributed by atoms with E-state index >= 15 is 0 Å². The zero-order valence-electron chi connectivity index (χ0n) is 19.3. The number of carbonyl (C=O) groups excluding carboxylic acids is 2. The number of amides is 2. The van der Waals surface area contributed by atoms with E-state index in [1.165, 1.54) is 12.1 Å². The highest BCUT2D eigenvalue weighted by Gasteiger charge is 2.16. The first kappa shape index (κ1) is 25.3. The fourth-order valence-corrected chi connectivity index (χ4v) is 3.35.